The monoisotopic (exact) mass is 450 g/mol. The maximum absolute atomic E-state index is 12.6. The van der Waals surface area contributed by atoms with Crippen molar-refractivity contribution in [2.45, 2.75) is 39.5 Å². The molecule has 174 valence electrons. The van der Waals surface area contributed by atoms with Crippen molar-refractivity contribution in [3.05, 3.63) is 47.3 Å². The molecule has 1 amide bonds. The number of anilines is 2. The highest BCUT2D eigenvalue weighted by Crippen LogP contribution is 2.29. The summed E-state index contributed by atoms with van der Waals surface area (Å²) in [7, 11) is 3.15. The number of methoxy groups -OCH3 is 2. The van der Waals surface area contributed by atoms with E-state index < -0.39 is 0 Å². The van der Waals surface area contributed by atoms with E-state index in [1.807, 2.05) is 26.0 Å². The number of nitrogens with zero attached hydrogens (tertiary/aromatic N) is 5. The highest BCUT2D eigenvalue weighted by atomic mass is 16.5. The first-order chi connectivity index (χ1) is 16.0. The van der Waals surface area contributed by atoms with Gasteiger partial charge in [0.15, 0.2) is 11.6 Å². The van der Waals surface area contributed by atoms with Gasteiger partial charge in [-0.25, -0.2) is 4.68 Å². The van der Waals surface area contributed by atoms with Gasteiger partial charge in [0.05, 0.1) is 25.6 Å². The fraction of sp³-hybridized carbons (Fsp3) is 0.417. The van der Waals surface area contributed by atoms with Crippen molar-refractivity contribution in [2.75, 3.05) is 37.5 Å². The SMILES string of the molecule is COc1ccc(NC(=O)CCc2c(C)nn(-c3ccc(N4CCCC4)nn3)c2C)c(OC)c1. The van der Waals surface area contributed by atoms with E-state index in [2.05, 4.69) is 25.5 Å². The minimum atomic E-state index is -0.0974. The summed E-state index contributed by atoms with van der Waals surface area (Å²) in [5, 5.41) is 16.4. The third-order valence-corrected chi connectivity index (χ3v) is 6.01. The Bertz CT molecular complexity index is 1120. The molecule has 9 nitrogen and oxygen atoms in total. The Balaban J connectivity index is 1.43. The lowest BCUT2D eigenvalue weighted by atomic mass is 10.1. The van der Waals surface area contributed by atoms with Gasteiger partial charge < -0.3 is 19.7 Å². The maximum atomic E-state index is 12.6. The molecule has 2 aromatic heterocycles. The molecule has 33 heavy (non-hydrogen) atoms. The maximum Gasteiger partial charge on any atom is 0.224 e. The molecule has 4 rings (SSSR count). The summed E-state index contributed by atoms with van der Waals surface area (Å²) in [5.41, 5.74) is 3.50. The van der Waals surface area contributed by atoms with Gasteiger partial charge in [-0.05, 0) is 62.9 Å². The summed E-state index contributed by atoms with van der Waals surface area (Å²) in [4.78, 5) is 14.9. The standard InChI is InChI=1S/C24H30N6O3/c1-16-19(8-12-24(31)25-20-9-7-18(32-3)15-21(20)33-4)17(2)30(28-16)23-11-10-22(26-27-23)29-13-5-6-14-29/h7,9-11,15H,5-6,8,12-14H2,1-4H3,(H,25,31). The van der Waals surface area contributed by atoms with Gasteiger partial charge in [-0.2, -0.15) is 5.10 Å². The van der Waals surface area contributed by atoms with Crippen LogP contribution in [0.15, 0.2) is 30.3 Å². The van der Waals surface area contributed by atoms with Crippen LogP contribution in [0.25, 0.3) is 5.82 Å². The van der Waals surface area contributed by atoms with Crippen LogP contribution in [0, 0.1) is 13.8 Å². The Morgan fingerprint density at radius 1 is 1.03 bits per heavy atom. The fourth-order valence-electron chi connectivity index (χ4n) is 4.16. The molecule has 1 aromatic carbocycles. The zero-order valence-corrected chi connectivity index (χ0v) is 19.6. The van der Waals surface area contributed by atoms with Crippen LogP contribution in [-0.2, 0) is 11.2 Å². The summed E-state index contributed by atoms with van der Waals surface area (Å²) in [6.45, 7) is 6.01. The van der Waals surface area contributed by atoms with E-state index in [-0.39, 0.29) is 5.91 Å². The van der Waals surface area contributed by atoms with E-state index in [1.165, 1.54) is 12.8 Å². The van der Waals surface area contributed by atoms with Crippen LogP contribution in [-0.4, -0.2) is 53.2 Å². The van der Waals surface area contributed by atoms with Gasteiger partial charge in [-0.15, -0.1) is 10.2 Å². The Hall–Kier alpha value is -3.62. The summed E-state index contributed by atoms with van der Waals surface area (Å²) in [6.07, 6.45) is 3.29. The van der Waals surface area contributed by atoms with E-state index in [0.29, 0.717) is 35.8 Å². The molecule has 1 aliphatic heterocycles. The summed E-state index contributed by atoms with van der Waals surface area (Å²) < 4.78 is 12.4. The van der Waals surface area contributed by atoms with Crippen LogP contribution in [0.1, 0.15) is 36.2 Å². The van der Waals surface area contributed by atoms with Gasteiger partial charge in [0.25, 0.3) is 0 Å². The van der Waals surface area contributed by atoms with Crippen molar-refractivity contribution in [1.29, 1.82) is 0 Å². The predicted molar refractivity (Wildman–Crippen MR) is 127 cm³/mol. The number of carbonyl (C=O) groups excluding carboxylic acids is 1. The van der Waals surface area contributed by atoms with E-state index in [0.717, 1.165) is 35.9 Å². The van der Waals surface area contributed by atoms with Crippen molar-refractivity contribution in [2.24, 2.45) is 0 Å². The molecule has 0 atom stereocenters. The molecule has 0 bridgehead atoms. The Labute approximate surface area is 193 Å². The molecule has 1 saturated heterocycles. The van der Waals surface area contributed by atoms with Crippen LogP contribution >= 0.6 is 0 Å². The number of hydrogen-bond acceptors (Lipinski definition) is 7. The molecule has 0 saturated carbocycles. The Morgan fingerprint density at radius 3 is 2.42 bits per heavy atom. The Morgan fingerprint density at radius 2 is 1.76 bits per heavy atom. The Kier molecular flexibility index (Phi) is 6.76. The summed E-state index contributed by atoms with van der Waals surface area (Å²) in [6, 6.07) is 9.25. The molecular weight excluding hydrogens is 420 g/mol. The first-order valence-corrected chi connectivity index (χ1v) is 11.2. The van der Waals surface area contributed by atoms with Gasteiger partial charge in [0.1, 0.15) is 11.5 Å². The average molecular weight is 451 g/mol. The molecule has 0 aliphatic carbocycles. The van der Waals surface area contributed by atoms with E-state index >= 15 is 0 Å². The van der Waals surface area contributed by atoms with Gasteiger partial charge in [0.2, 0.25) is 5.91 Å². The second kappa shape index (κ2) is 9.89. The van der Waals surface area contributed by atoms with Crippen LogP contribution in [0.2, 0.25) is 0 Å². The molecule has 1 aliphatic rings. The molecular formula is C24H30N6O3. The highest BCUT2D eigenvalue weighted by Gasteiger charge is 2.18. The summed E-state index contributed by atoms with van der Waals surface area (Å²) >= 11 is 0. The molecule has 3 aromatic rings. The van der Waals surface area contributed by atoms with Crippen molar-refractivity contribution < 1.29 is 14.3 Å². The van der Waals surface area contributed by atoms with Gasteiger partial charge in [-0.3, -0.25) is 4.79 Å². The number of aromatic nitrogens is 4. The molecule has 0 spiro atoms. The van der Waals surface area contributed by atoms with Crippen LogP contribution in [0.4, 0.5) is 11.5 Å². The fourth-order valence-corrected chi connectivity index (χ4v) is 4.16. The normalized spacial score (nSPS) is 13.3. The van der Waals surface area contributed by atoms with Gasteiger partial charge >= 0.3 is 0 Å². The van der Waals surface area contributed by atoms with Crippen molar-refractivity contribution in [3.63, 3.8) is 0 Å². The third-order valence-electron chi connectivity index (χ3n) is 6.01. The molecule has 0 radical (unpaired) electrons. The molecule has 1 N–H and O–H groups in total. The topological polar surface area (TPSA) is 94.4 Å². The van der Waals surface area contributed by atoms with Crippen molar-refractivity contribution in [1.82, 2.24) is 20.0 Å². The molecule has 3 heterocycles. The number of amides is 1. The van der Waals surface area contributed by atoms with Crippen LogP contribution in [0.5, 0.6) is 11.5 Å². The van der Waals surface area contributed by atoms with E-state index in [4.69, 9.17) is 9.47 Å². The molecule has 1 fully saturated rings. The number of benzene rings is 1. The third kappa shape index (κ3) is 4.92. The van der Waals surface area contributed by atoms with E-state index in [1.54, 1.807) is 37.1 Å². The first kappa shape index (κ1) is 22.6. The second-order valence-corrected chi connectivity index (χ2v) is 8.12. The number of aryl methyl sites for hydroxylation is 1. The number of hydrogen-bond donors (Lipinski definition) is 1. The van der Waals surface area contributed by atoms with Gasteiger partial charge in [-0.1, -0.05) is 0 Å². The number of nitrogens with one attached hydrogen (secondary N) is 1. The first-order valence-electron chi connectivity index (χ1n) is 11.2. The van der Waals surface area contributed by atoms with Crippen LogP contribution < -0.4 is 19.7 Å². The van der Waals surface area contributed by atoms with Crippen LogP contribution in [0.3, 0.4) is 0 Å². The lowest BCUT2D eigenvalue weighted by Gasteiger charge is -2.15. The second-order valence-electron chi connectivity index (χ2n) is 8.12. The minimum absolute atomic E-state index is 0.0974. The lowest BCUT2D eigenvalue weighted by Crippen LogP contribution is -2.19. The van der Waals surface area contributed by atoms with E-state index in [9.17, 15) is 4.79 Å². The number of carbonyl (C=O) groups is 1. The number of rotatable bonds is 8. The minimum Gasteiger partial charge on any atom is -0.497 e. The lowest BCUT2D eigenvalue weighted by molar-refractivity contribution is -0.116. The van der Waals surface area contributed by atoms with Gasteiger partial charge in [0, 0.05) is 31.3 Å². The average Bonchev–Trinajstić information content (AvgIpc) is 3.46. The zero-order chi connectivity index (χ0) is 23.4. The summed E-state index contributed by atoms with van der Waals surface area (Å²) in [5.74, 6) is 2.71. The smallest absolute Gasteiger partial charge is 0.224 e. The highest BCUT2D eigenvalue weighted by molar-refractivity contribution is 5.92. The van der Waals surface area contributed by atoms with Crippen molar-refractivity contribution in [3.8, 4) is 17.3 Å². The zero-order valence-electron chi connectivity index (χ0n) is 19.6. The molecule has 0 unspecified atom stereocenters. The largest absolute Gasteiger partial charge is 0.497 e. The number of ether oxygens (including phenoxy) is 2. The predicted octanol–water partition coefficient (Wildman–Crippen LogP) is 3.47. The quantitative estimate of drug-likeness (QED) is 0.562. The van der Waals surface area contributed by atoms with Crippen molar-refractivity contribution >= 4 is 17.4 Å². The molecule has 9 heteroatoms.